The van der Waals surface area contributed by atoms with Crippen molar-refractivity contribution in [1.82, 2.24) is 5.32 Å². The number of carboxylic acids is 2. The fourth-order valence-electron chi connectivity index (χ4n) is 5.92. The van der Waals surface area contributed by atoms with E-state index in [2.05, 4.69) is 24.5 Å². The Kier molecular flexibility index (Phi) is 11.2. The number of benzene rings is 6. The Labute approximate surface area is 323 Å². The largest absolute Gasteiger partial charge is 0.478 e. The molecular formula is C45H38N2O9. The smallest absolute Gasteiger partial charge is 0.336 e. The van der Waals surface area contributed by atoms with Gasteiger partial charge < -0.3 is 35.1 Å². The van der Waals surface area contributed by atoms with Gasteiger partial charge in [0, 0.05) is 18.2 Å². The third-order valence-electron chi connectivity index (χ3n) is 9.15. The van der Waals surface area contributed by atoms with E-state index in [9.17, 15) is 29.4 Å². The van der Waals surface area contributed by atoms with Gasteiger partial charge in [-0.05, 0) is 115 Å². The Balaban J connectivity index is 1.12. The molecule has 0 saturated carbocycles. The number of aromatic carboxylic acids is 2. The van der Waals surface area contributed by atoms with Gasteiger partial charge >= 0.3 is 11.9 Å². The molecule has 11 heteroatoms. The fraction of sp³-hybridized carbons (Fsp3) is 0.111. The number of ether oxygens (including phenoxy) is 3. The quantitative estimate of drug-likeness (QED) is 0.0901. The van der Waals surface area contributed by atoms with Gasteiger partial charge in [-0.3, -0.25) is 9.59 Å². The number of aryl methyl sites for hydroxylation is 1. The zero-order valence-corrected chi connectivity index (χ0v) is 31.0. The summed E-state index contributed by atoms with van der Waals surface area (Å²) in [5.74, 6) is -0.772. The predicted octanol–water partition coefficient (Wildman–Crippen LogP) is 9.71. The third-order valence-corrected chi connectivity index (χ3v) is 9.15. The zero-order chi connectivity index (χ0) is 40.0. The van der Waals surface area contributed by atoms with Crippen molar-refractivity contribution >= 4 is 29.4 Å². The van der Waals surface area contributed by atoms with Crippen LogP contribution in [-0.4, -0.2) is 41.0 Å². The van der Waals surface area contributed by atoms with Crippen molar-refractivity contribution in [3.05, 3.63) is 172 Å². The van der Waals surface area contributed by atoms with Crippen molar-refractivity contribution in [3.63, 3.8) is 0 Å². The lowest BCUT2D eigenvalue weighted by molar-refractivity contribution is 0.0683. The molecule has 0 bridgehead atoms. The van der Waals surface area contributed by atoms with Crippen molar-refractivity contribution in [1.29, 1.82) is 0 Å². The van der Waals surface area contributed by atoms with Crippen LogP contribution >= 0.6 is 0 Å². The Morgan fingerprint density at radius 1 is 0.482 bits per heavy atom. The van der Waals surface area contributed by atoms with Gasteiger partial charge in [0.15, 0.2) is 0 Å². The molecule has 0 unspecified atom stereocenters. The number of carbonyl (C=O) groups excluding carboxylic acids is 2. The van der Waals surface area contributed by atoms with Gasteiger partial charge in [-0.1, -0.05) is 55.8 Å². The molecule has 0 spiro atoms. The van der Waals surface area contributed by atoms with Crippen molar-refractivity contribution in [2.75, 3.05) is 12.4 Å². The van der Waals surface area contributed by atoms with E-state index in [-0.39, 0.29) is 28.0 Å². The first kappa shape index (κ1) is 38.3. The molecule has 56 heavy (non-hydrogen) atoms. The first-order valence-corrected chi connectivity index (χ1v) is 17.5. The average molecular weight is 751 g/mol. The number of hydrogen-bond donors (Lipinski definition) is 4. The maximum absolute atomic E-state index is 13.3. The van der Waals surface area contributed by atoms with Crippen LogP contribution in [0, 0.1) is 6.92 Å². The molecule has 282 valence electrons. The van der Waals surface area contributed by atoms with Gasteiger partial charge in [-0.25, -0.2) is 9.59 Å². The van der Waals surface area contributed by atoms with Crippen LogP contribution in [0.4, 0.5) is 5.69 Å². The number of anilines is 1. The molecule has 0 fully saturated rings. The molecule has 0 aliphatic carbocycles. The highest BCUT2D eigenvalue weighted by Gasteiger charge is 2.24. The minimum absolute atomic E-state index is 0.00582. The van der Waals surface area contributed by atoms with Crippen LogP contribution in [0.2, 0.25) is 0 Å². The van der Waals surface area contributed by atoms with Crippen molar-refractivity contribution in [3.8, 4) is 34.5 Å². The maximum Gasteiger partial charge on any atom is 0.336 e. The zero-order valence-electron chi connectivity index (χ0n) is 31.0. The highest BCUT2D eigenvalue weighted by Crippen LogP contribution is 2.35. The molecule has 0 atom stereocenters. The van der Waals surface area contributed by atoms with Crippen LogP contribution in [0.25, 0.3) is 0 Å². The van der Waals surface area contributed by atoms with E-state index in [4.69, 9.17) is 14.2 Å². The van der Waals surface area contributed by atoms with E-state index in [1.54, 1.807) is 48.5 Å². The second kappa shape index (κ2) is 16.3. The Morgan fingerprint density at radius 3 is 1.25 bits per heavy atom. The minimum atomic E-state index is -1.25. The standard InChI is InChI=1S/C45H38N2O9/c1-27-5-13-31(14-6-27)54-34-19-11-30(12-20-34)47-42(49)40-26-36(22-24-38(40)44(52)53)56-33-17-9-29(10-18-33)45(2,3)28-7-15-32(16-8-28)55-35-21-23-37(43(50)51)39(25-35)41(48)46-4/h5-26H,1-4H3,(H,46,48)(H,47,49)(H,50,51)(H,52,53). The molecule has 0 radical (unpaired) electrons. The minimum Gasteiger partial charge on any atom is -0.478 e. The molecule has 2 amide bonds. The monoisotopic (exact) mass is 750 g/mol. The molecule has 6 aromatic carbocycles. The highest BCUT2D eigenvalue weighted by atomic mass is 16.5. The Bertz CT molecular complexity index is 2400. The van der Waals surface area contributed by atoms with Crippen LogP contribution in [0.15, 0.2) is 133 Å². The molecular weight excluding hydrogens is 712 g/mol. The number of nitrogens with one attached hydrogen (secondary N) is 2. The van der Waals surface area contributed by atoms with Gasteiger partial charge in [0.1, 0.15) is 34.5 Å². The first-order chi connectivity index (χ1) is 26.8. The Morgan fingerprint density at radius 2 is 0.839 bits per heavy atom. The first-order valence-electron chi connectivity index (χ1n) is 17.5. The average Bonchev–Trinajstić information content (AvgIpc) is 3.19. The SMILES string of the molecule is CNC(=O)c1cc(Oc2ccc(C(C)(C)c3ccc(Oc4ccc(C(=O)O)c(C(=O)Nc5ccc(Oc6ccc(C)cc6)cc5)c4)cc3)cc2)ccc1C(=O)O. The lowest BCUT2D eigenvalue weighted by atomic mass is 9.78. The number of carboxylic acid groups (broad SMARTS) is 2. The summed E-state index contributed by atoms with van der Waals surface area (Å²) in [6.07, 6.45) is 0. The van der Waals surface area contributed by atoms with Gasteiger partial charge in [0.25, 0.3) is 11.8 Å². The number of rotatable bonds is 13. The second-order valence-corrected chi connectivity index (χ2v) is 13.4. The molecule has 6 aromatic rings. The van der Waals surface area contributed by atoms with Crippen molar-refractivity contribution < 1.29 is 43.6 Å². The van der Waals surface area contributed by atoms with Crippen LogP contribution in [0.3, 0.4) is 0 Å². The van der Waals surface area contributed by atoms with E-state index in [0.717, 1.165) is 16.7 Å². The van der Waals surface area contributed by atoms with Gasteiger partial charge in [-0.2, -0.15) is 0 Å². The molecule has 0 saturated heterocycles. The van der Waals surface area contributed by atoms with Gasteiger partial charge in [-0.15, -0.1) is 0 Å². The summed E-state index contributed by atoms with van der Waals surface area (Å²) < 4.78 is 17.9. The third kappa shape index (κ3) is 8.86. The summed E-state index contributed by atoms with van der Waals surface area (Å²) in [5, 5.41) is 24.5. The predicted molar refractivity (Wildman–Crippen MR) is 211 cm³/mol. The molecule has 0 aliphatic heterocycles. The molecule has 0 aliphatic rings. The van der Waals surface area contributed by atoms with E-state index >= 15 is 0 Å². The summed E-state index contributed by atoms with van der Waals surface area (Å²) in [4.78, 5) is 49.2. The van der Waals surface area contributed by atoms with Crippen LogP contribution in [0.5, 0.6) is 34.5 Å². The summed E-state index contributed by atoms with van der Waals surface area (Å²) in [7, 11) is 1.42. The molecule has 0 aromatic heterocycles. The number of amides is 2. The lowest BCUT2D eigenvalue weighted by Gasteiger charge is -2.26. The summed E-state index contributed by atoms with van der Waals surface area (Å²) >= 11 is 0. The van der Waals surface area contributed by atoms with Crippen LogP contribution in [-0.2, 0) is 5.41 Å². The second-order valence-electron chi connectivity index (χ2n) is 13.4. The maximum atomic E-state index is 13.3. The van der Waals surface area contributed by atoms with E-state index < -0.39 is 29.2 Å². The lowest BCUT2D eigenvalue weighted by Crippen LogP contribution is -2.21. The van der Waals surface area contributed by atoms with E-state index in [1.807, 2.05) is 55.5 Å². The summed E-state index contributed by atoms with van der Waals surface area (Å²) in [6, 6.07) is 37.7. The molecule has 0 heterocycles. The van der Waals surface area contributed by atoms with Gasteiger partial charge in [0.2, 0.25) is 0 Å². The van der Waals surface area contributed by atoms with Crippen LogP contribution < -0.4 is 24.8 Å². The van der Waals surface area contributed by atoms with Crippen LogP contribution in [0.1, 0.15) is 72.0 Å². The molecule has 6 rings (SSSR count). The molecule has 4 N–H and O–H groups in total. The van der Waals surface area contributed by atoms with Crippen molar-refractivity contribution in [2.24, 2.45) is 0 Å². The topological polar surface area (TPSA) is 160 Å². The summed E-state index contributed by atoms with van der Waals surface area (Å²) in [6.45, 7) is 6.13. The van der Waals surface area contributed by atoms with Gasteiger partial charge in [0.05, 0.1) is 22.3 Å². The van der Waals surface area contributed by atoms with E-state index in [0.29, 0.717) is 34.4 Å². The summed E-state index contributed by atoms with van der Waals surface area (Å²) in [5.41, 5.74) is 2.73. The number of carbonyl (C=O) groups is 4. The van der Waals surface area contributed by atoms with Crippen molar-refractivity contribution in [2.45, 2.75) is 26.2 Å². The number of hydrogen-bond acceptors (Lipinski definition) is 7. The fourth-order valence-corrected chi connectivity index (χ4v) is 5.92. The normalized spacial score (nSPS) is 10.9. The Hall–Kier alpha value is -7.40. The molecule has 11 nitrogen and oxygen atoms in total. The highest BCUT2D eigenvalue weighted by molar-refractivity contribution is 6.11. The van der Waals surface area contributed by atoms with E-state index in [1.165, 1.54) is 43.4 Å².